The molecule has 0 amide bonds. The molecule has 200 valence electrons. The van der Waals surface area contributed by atoms with Crippen LogP contribution < -0.4 is 13.8 Å². The van der Waals surface area contributed by atoms with E-state index in [0.29, 0.717) is 34.2 Å². The minimum Gasteiger partial charge on any atom is -0.478 e. The number of hydrogen-bond acceptors (Lipinski definition) is 5. The number of aromatic carboxylic acids is 1. The van der Waals surface area contributed by atoms with Gasteiger partial charge in [-0.15, -0.1) is 0 Å². The average Bonchev–Trinajstić information content (AvgIpc) is 2.97. The first-order chi connectivity index (χ1) is 19.4. The topological polar surface area (TPSA) is 93.1 Å². The monoisotopic (exact) mass is 551 g/mol. The van der Waals surface area contributed by atoms with Gasteiger partial charge in [0.15, 0.2) is 0 Å². The summed E-state index contributed by atoms with van der Waals surface area (Å²) in [7, 11) is -4.06. The lowest BCUT2D eigenvalue weighted by Crippen LogP contribution is -2.30. The smallest absolute Gasteiger partial charge is 0.335 e. The van der Waals surface area contributed by atoms with Crippen molar-refractivity contribution in [2.24, 2.45) is 0 Å². The summed E-state index contributed by atoms with van der Waals surface area (Å²) in [5, 5.41) is 9.31. The van der Waals surface area contributed by atoms with Gasteiger partial charge in [0.1, 0.15) is 23.0 Å². The van der Waals surface area contributed by atoms with Crippen LogP contribution in [0, 0.1) is 0 Å². The van der Waals surface area contributed by atoms with E-state index in [1.165, 1.54) is 40.7 Å². The summed E-state index contributed by atoms with van der Waals surface area (Å²) in [6.45, 7) is -0.0109. The molecule has 0 fully saturated rings. The Kier molecular flexibility index (Phi) is 7.80. The Morgan fingerprint density at radius 1 is 0.625 bits per heavy atom. The Morgan fingerprint density at radius 2 is 1.15 bits per heavy atom. The van der Waals surface area contributed by atoms with Gasteiger partial charge in [-0.1, -0.05) is 48.5 Å². The summed E-state index contributed by atoms with van der Waals surface area (Å²) in [5.74, 6) is 1.25. The molecular weight excluding hydrogens is 526 g/mol. The predicted octanol–water partition coefficient (Wildman–Crippen LogP) is 7.36. The number of ether oxygens (including phenoxy) is 2. The standard InChI is InChI=1S/C32H25NO6S/c34-32(35)25-14-16-26(17-15-25)33(23-24-8-7-13-30(22-24)39-28-11-5-2-6-12-28)40(36,37)31-20-18-29(19-21-31)38-27-9-3-1-4-10-27/h1-22H,23H2,(H,34,35). The number of hydrogen-bond donors (Lipinski definition) is 1. The van der Waals surface area contributed by atoms with Gasteiger partial charge in [-0.25, -0.2) is 13.2 Å². The number of anilines is 1. The molecule has 40 heavy (non-hydrogen) atoms. The van der Waals surface area contributed by atoms with Gasteiger partial charge in [0.25, 0.3) is 10.0 Å². The van der Waals surface area contributed by atoms with E-state index < -0.39 is 16.0 Å². The second-order valence-electron chi connectivity index (χ2n) is 8.81. The molecule has 0 aliphatic heterocycles. The van der Waals surface area contributed by atoms with Gasteiger partial charge in [0, 0.05) is 0 Å². The molecule has 5 rings (SSSR count). The number of carbonyl (C=O) groups is 1. The molecule has 8 heteroatoms. The number of nitrogens with zero attached hydrogens (tertiary/aromatic N) is 1. The van der Waals surface area contributed by atoms with E-state index in [4.69, 9.17) is 9.47 Å². The Morgan fingerprint density at radius 3 is 1.73 bits per heavy atom. The maximum Gasteiger partial charge on any atom is 0.335 e. The van der Waals surface area contributed by atoms with Crippen molar-refractivity contribution in [3.8, 4) is 23.0 Å². The highest BCUT2D eigenvalue weighted by Crippen LogP contribution is 2.30. The summed E-state index contributed by atoms with van der Waals surface area (Å²) in [5.41, 5.74) is 1.06. The third-order valence-corrected chi connectivity index (χ3v) is 7.78. The third kappa shape index (κ3) is 6.31. The van der Waals surface area contributed by atoms with Crippen molar-refractivity contribution < 1.29 is 27.8 Å². The molecule has 0 unspecified atom stereocenters. The summed E-state index contributed by atoms with van der Waals surface area (Å²) in [4.78, 5) is 11.4. The minimum atomic E-state index is -4.06. The number of rotatable bonds is 10. The van der Waals surface area contributed by atoms with E-state index in [2.05, 4.69) is 0 Å². The van der Waals surface area contributed by atoms with E-state index in [-0.39, 0.29) is 17.0 Å². The van der Waals surface area contributed by atoms with Gasteiger partial charge in [0.2, 0.25) is 0 Å². The second kappa shape index (κ2) is 11.8. The van der Waals surface area contributed by atoms with Gasteiger partial charge in [-0.05, 0) is 90.5 Å². The van der Waals surface area contributed by atoms with Crippen molar-refractivity contribution in [3.63, 3.8) is 0 Å². The molecule has 5 aromatic rings. The van der Waals surface area contributed by atoms with Crippen molar-refractivity contribution in [3.05, 3.63) is 145 Å². The van der Waals surface area contributed by atoms with Crippen LogP contribution >= 0.6 is 0 Å². The van der Waals surface area contributed by atoms with Gasteiger partial charge >= 0.3 is 5.97 Å². The molecule has 1 N–H and O–H groups in total. The second-order valence-corrected chi connectivity index (χ2v) is 10.7. The zero-order valence-corrected chi connectivity index (χ0v) is 22.1. The Bertz CT molecular complexity index is 1690. The fraction of sp³-hybridized carbons (Fsp3) is 0.0312. The van der Waals surface area contributed by atoms with E-state index in [1.807, 2.05) is 66.7 Å². The predicted molar refractivity (Wildman–Crippen MR) is 153 cm³/mol. The summed E-state index contributed by atoms with van der Waals surface area (Å²) in [6.07, 6.45) is 0. The molecule has 0 radical (unpaired) electrons. The zero-order chi connectivity index (χ0) is 28.0. The van der Waals surface area contributed by atoms with Crippen LogP contribution in [0.4, 0.5) is 5.69 Å². The van der Waals surface area contributed by atoms with E-state index >= 15 is 0 Å². The highest BCUT2D eigenvalue weighted by atomic mass is 32.2. The third-order valence-electron chi connectivity index (χ3n) is 6.00. The molecule has 0 bridgehead atoms. The fourth-order valence-corrected chi connectivity index (χ4v) is 5.47. The molecule has 0 aliphatic carbocycles. The first-order valence-corrected chi connectivity index (χ1v) is 13.8. The lowest BCUT2D eigenvalue weighted by Gasteiger charge is -2.25. The molecule has 0 aromatic heterocycles. The van der Waals surface area contributed by atoms with Crippen molar-refractivity contribution >= 4 is 21.7 Å². The van der Waals surface area contributed by atoms with Crippen molar-refractivity contribution in [2.75, 3.05) is 4.31 Å². The molecule has 5 aromatic carbocycles. The number of sulfonamides is 1. The molecule has 0 saturated heterocycles. The van der Waals surface area contributed by atoms with Crippen molar-refractivity contribution in [2.45, 2.75) is 11.4 Å². The van der Waals surface area contributed by atoms with Crippen LogP contribution in [0.15, 0.2) is 138 Å². The quantitative estimate of drug-likeness (QED) is 0.195. The van der Waals surface area contributed by atoms with Crippen LogP contribution in [0.2, 0.25) is 0 Å². The number of para-hydroxylation sites is 2. The van der Waals surface area contributed by atoms with Crippen LogP contribution in [0.25, 0.3) is 0 Å². The highest BCUT2D eigenvalue weighted by molar-refractivity contribution is 7.92. The normalized spacial score (nSPS) is 11.0. The summed E-state index contributed by atoms with van der Waals surface area (Å²) >= 11 is 0. The average molecular weight is 552 g/mol. The molecule has 0 saturated carbocycles. The van der Waals surface area contributed by atoms with E-state index in [9.17, 15) is 18.3 Å². The number of carboxylic acids is 1. The van der Waals surface area contributed by atoms with Gasteiger partial charge in [-0.2, -0.15) is 0 Å². The summed E-state index contributed by atoms with van der Waals surface area (Å²) < 4.78 is 40.9. The molecule has 0 spiro atoms. The van der Waals surface area contributed by atoms with Crippen LogP contribution in [0.3, 0.4) is 0 Å². The maximum absolute atomic E-state index is 13.9. The largest absolute Gasteiger partial charge is 0.478 e. The molecule has 0 heterocycles. The molecule has 0 aliphatic rings. The SMILES string of the molecule is O=C(O)c1ccc(N(Cc2cccc(Oc3ccccc3)c2)S(=O)(=O)c2ccc(Oc3ccccc3)cc2)cc1. The Balaban J connectivity index is 1.46. The Hall–Kier alpha value is -5.08. The van der Waals surface area contributed by atoms with Crippen LogP contribution in [0.5, 0.6) is 23.0 Å². The van der Waals surface area contributed by atoms with Gasteiger partial charge in [-0.3, -0.25) is 4.31 Å². The number of benzene rings is 5. The zero-order valence-electron chi connectivity index (χ0n) is 21.3. The van der Waals surface area contributed by atoms with Crippen LogP contribution in [-0.4, -0.2) is 19.5 Å². The van der Waals surface area contributed by atoms with Gasteiger partial charge < -0.3 is 14.6 Å². The molecule has 7 nitrogen and oxygen atoms in total. The maximum atomic E-state index is 13.9. The van der Waals surface area contributed by atoms with Gasteiger partial charge in [0.05, 0.1) is 22.7 Å². The highest BCUT2D eigenvalue weighted by Gasteiger charge is 2.26. The minimum absolute atomic E-state index is 0.0109. The van der Waals surface area contributed by atoms with Crippen molar-refractivity contribution in [1.29, 1.82) is 0 Å². The van der Waals surface area contributed by atoms with Crippen LogP contribution in [-0.2, 0) is 16.6 Å². The lowest BCUT2D eigenvalue weighted by molar-refractivity contribution is 0.0697. The first-order valence-electron chi connectivity index (χ1n) is 12.4. The lowest BCUT2D eigenvalue weighted by atomic mass is 10.2. The molecular formula is C32H25NO6S. The van der Waals surface area contributed by atoms with Crippen molar-refractivity contribution in [1.82, 2.24) is 0 Å². The Labute approximate surface area is 232 Å². The first kappa shape index (κ1) is 26.5. The van der Waals surface area contributed by atoms with E-state index in [0.717, 1.165) is 0 Å². The summed E-state index contributed by atoms with van der Waals surface area (Å²) in [6, 6.07) is 37.5. The molecule has 0 atom stereocenters. The fourth-order valence-electron chi connectivity index (χ4n) is 4.01. The number of carboxylic acid groups (broad SMARTS) is 1. The van der Waals surface area contributed by atoms with Crippen LogP contribution in [0.1, 0.15) is 15.9 Å². The van der Waals surface area contributed by atoms with E-state index in [1.54, 1.807) is 30.3 Å².